The quantitative estimate of drug-likeness (QED) is 0.497. The molecule has 2 aliphatic carbocycles. The molecule has 0 bridgehead atoms. The molecule has 1 heterocycles. The Hall–Kier alpha value is -2.45. The third-order valence-corrected chi connectivity index (χ3v) is 5.74. The number of fused-ring (bicyclic) bond motifs is 2. The molecule has 0 radical (unpaired) electrons. The summed E-state index contributed by atoms with van der Waals surface area (Å²) in [5, 5.41) is 44.5. The van der Waals surface area contributed by atoms with Gasteiger partial charge in [-0.3, -0.25) is 4.79 Å². The Kier molecular flexibility index (Phi) is 3.28. The van der Waals surface area contributed by atoms with Crippen LogP contribution in [0.3, 0.4) is 0 Å². The van der Waals surface area contributed by atoms with Crippen molar-refractivity contribution in [2.45, 2.75) is 42.5 Å². The van der Waals surface area contributed by atoms with Gasteiger partial charge in [-0.25, -0.2) is 0 Å². The maximum absolute atomic E-state index is 12.8. The van der Waals surface area contributed by atoms with Crippen molar-refractivity contribution in [2.24, 2.45) is 0 Å². The van der Waals surface area contributed by atoms with Gasteiger partial charge in [-0.15, -0.1) is 0 Å². The number of rotatable bonds is 0. The molecule has 1 saturated carbocycles. The Balaban J connectivity index is 1.78. The molecule has 7 nitrogen and oxygen atoms in total. The van der Waals surface area contributed by atoms with E-state index in [9.17, 15) is 25.2 Å². The van der Waals surface area contributed by atoms with Gasteiger partial charge in [0.25, 0.3) is 0 Å². The van der Waals surface area contributed by atoms with Crippen molar-refractivity contribution < 1.29 is 34.7 Å². The van der Waals surface area contributed by atoms with Crippen molar-refractivity contribution in [2.75, 3.05) is 0 Å². The zero-order valence-electron chi connectivity index (χ0n) is 14.2. The van der Waals surface area contributed by atoms with E-state index >= 15 is 0 Å². The number of hydrogen-bond donors (Lipinski definition) is 4. The predicted octanol–water partition coefficient (Wildman–Crippen LogP) is 0.424. The summed E-state index contributed by atoms with van der Waals surface area (Å²) in [5.74, 6) is -2.33. The van der Waals surface area contributed by atoms with E-state index in [1.54, 1.807) is 24.3 Å². The first-order valence-corrected chi connectivity index (χ1v) is 8.80. The largest absolute Gasteiger partial charge is 0.446 e. The Bertz CT molecular complexity index is 956. The maximum atomic E-state index is 12.8. The fourth-order valence-corrected chi connectivity index (χ4v) is 4.41. The van der Waals surface area contributed by atoms with E-state index in [-0.39, 0.29) is 18.4 Å². The maximum Gasteiger partial charge on any atom is 0.320 e. The third-order valence-electron chi connectivity index (χ3n) is 5.74. The molecule has 1 spiro atoms. The summed E-state index contributed by atoms with van der Waals surface area (Å²) >= 11 is 0. The lowest BCUT2D eigenvalue weighted by Crippen LogP contribution is -2.78. The number of carbonyl (C=O) groups excluding carboxylic acids is 1. The number of Topliss-reactive ketones (excluding diaryl/α,β-unsaturated/α-hetero) is 1. The van der Waals surface area contributed by atoms with E-state index < -0.39 is 35.5 Å². The predicted molar refractivity (Wildman–Crippen MR) is 93.2 cm³/mol. The molecular weight excluding hydrogens is 352 g/mol. The van der Waals surface area contributed by atoms with Crippen LogP contribution in [0.5, 0.6) is 11.5 Å². The Labute approximate surface area is 154 Å². The second kappa shape index (κ2) is 5.30. The minimum absolute atomic E-state index is 0.108. The standard InChI is InChI=1S/C20H18O7/c21-12-7-8-16(23)19(25)11(12)9-13(22)18(24)20(19)26-14-5-1-3-10-4-2-6-15(27-20)17(10)14/h1-6,9,12-13,18,21-22,24-25H,7-8H2. The molecule has 3 aliphatic rings. The molecular formula is C20H18O7. The minimum atomic E-state index is -2.43. The first kappa shape index (κ1) is 16.7. The van der Waals surface area contributed by atoms with Crippen LogP contribution in [-0.2, 0) is 4.79 Å². The van der Waals surface area contributed by atoms with E-state index in [0.29, 0.717) is 16.9 Å². The molecule has 2 aromatic carbocycles. The van der Waals surface area contributed by atoms with Gasteiger partial charge in [-0.05, 0) is 30.0 Å². The van der Waals surface area contributed by atoms with E-state index in [2.05, 4.69) is 0 Å². The molecule has 140 valence electrons. The van der Waals surface area contributed by atoms with E-state index in [1.807, 2.05) is 12.1 Å². The second-order valence-electron chi connectivity index (χ2n) is 7.23. The summed E-state index contributed by atoms with van der Waals surface area (Å²) in [6.07, 6.45) is -3.30. The van der Waals surface area contributed by atoms with Crippen molar-refractivity contribution in [1.82, 2.24) is 0 Å². The molecule has 27 heavy (non-hydrogen) atoms. The zero-order chi connectivity index (χ0) is 19.0. The number of aliphatic hydroxyl groups excluding tert-OH is 3. The first-order chi connectivity index (χ1) is 12.9. The van der Waals surface area contributed by atoms with Crippen LogP contribution < -0.4 is 9.47 Å². The van der Waals surface area contributed by atoms with Crippen molar-refractivity contribution >= 4 is 16.6 Å². The average Bonchev–Trinajstić information content (AvgIpc) is 2.66. The summed E-state index contributed by atoms with van der Waals surface area (Å²) in [4.78, 5) is 12.8. The van der Waals surface area contributed by atoms with Gasteiger partial charge in [-0.1, -0.05) is 24.3 Å². The Morgan fingerprint density at radius 2 is 1.63 bits per heavy atom. The van der Waals surface area contributed by atoms with Crippen molar-refractivity contribution in [1.29, 1.82) is 0 Å². The highest BCUT2D eigenvalue weighted by molar-refractivity contribution is 5.97. The summed E-state index contributed by atoms with van der Waals surface area (Å²) < 4.78 is 11.9. The van der Waals surface area contributed by atoms with E-state index in [4.69, 9.17) is 9.47 Å². The Morgan fingerprint density at radius 3 is 2.26 bits per heavy atom. The monoisotopic (exact) mass is 370 g/mol. The van der Waals surface area contributed by atoms with Crippen LogP contribution in [0.15, 0.2) is 48.0 Å². The number of benzene rings is 2. The molecule has 2 aromatic rings. The first-order valence-electron chi connectivity index (χ1n) is 8.80. The number of ether oxygens (including phenoxy) is 2. The molecule has 5 rings (SSSR count). The van der Waals surface area contributed by atoms with Gasteiger partial charge in [0.2, 0.25) is 5.60 Å². The van der Waals surface area contributed by atoms with Crippen LogP contribution >= 0.6 is 0 Å². The topological polar surface area (TPSA) is 116 Å². The molecule has 0 aromatic heterocycles. The molecule has 0 amide bonds. The highest BCUT2D eigenvalue weighted by Gasteiger charge is 2.72. The summed E-state index contributed by atoms with van der Waals surface area (Å²) in [7, 11) is 0. The average molecular weight is 370 g/mol. The fourth-order valence-electron chi connectivity index (χ4n) is 4.41. The van der Waals surface area contributed by atoms with Crippen molar-refractivity contribution in [3.8, 4) is 11.5 Å². The summed E-state index contributed by atoms with van der Waals surface area (Å²) in [6, 6.07) is 10.5. The zero-order valence-corrected chi connectivity index (χ0v) is 14.2. The summed E-state index contributed by atoms with van der Waals surface area (Å²) in [5.41, 5.74) is -2.54. The number of carbonyl (C=O) groups is 1. The van der Waals surface area contributed by atoms with Crippen LogP contribution in [0, 0.1) is 0 Å². The smallest absolute Gasteiger partial charge is 0.320 e. The van der Waals surface area contributed by atoms with Crippen LogP contribution in [0.4, 0.5) is 0 Å². The van der Waals surface area contributed by atoms with E-state index in [1.165, 1.54) is 0 Å². The molecule has 1 aliphatic heterocycles. The van der Waals surface area contributed by atoms with Gasteiger partial charge in [0.1, 0.15) is 17.6 Å². The van der Waals surface area contributed by atoms with Gasteiger partial charge >= 0.3 is 5.79 Å². The lowest BCUT2D eigenvalue weighted by molar-refractivity contribution is -0.288. The lowest BCUT2D eigenvalue weighted by atomic mass is 9.66. The third kappa shape index (κ3) is 1.92. The van der Waals surface area contributed by atoms with Crippen molar-refractivity contribution in [3.05, 3.63) is 48.0 Å². The highest BCUT2D eigenvalue weighted by atomic mass is 16.7. The van der Waals surface area contributed by atoms with Crippen LogP contribution in [-0.4, -0.2) is 55.9 Å². The molecule has 0 saturated heterocycles. The molecule has 4 unspecified atom stereocenters. The number of aliphatic hydroxyl groups is 4. The van der Waals surface area contributed by atoms with Gasteiger partial charge < -0.3 is 29.9 Å². The highest BCUT2D eigenvalue weighted by Crippen LogP contribution is 2.52. The van der Waals surface area contributed by atoms with Crippen LogP contribution in [0.2, 0.25) is 0 Å². The lowest BCUT2D eigenvalue weighted by Gasteiger charge is -2.54. The molecule has 7 heteroatoms. The van der Waals surface area contributed by atoms with Gasteiger partial charge in [-0.2, -0.15) is 0 Å². The normalized spacial score (nSPS) is 33.9. The van der Waals surface area contributed by atoms with Gasteiger partial charge in [0, 0.05) is 12.0 Å². The van der Waals surface area contributed by atoms with Gasteiger partial charge in [0.15, 0.2) is 11.9 Å². The number of hydrogen-bond acceptors (Lipinski definition) is 7. The minimum Gasteiger partial charge on any atom is -0.446 e. The second-order valence-corrected chi connectivity index (χ2v) is 7.23. The summed E-state index contributed by atoms with van der Waals surface area (Å²) in [6.45, 7) is 0. The molecule has 4 N–H and O–H groups in total. The van der Waals surface area contributed by atoms with Crippen molar-refractivity contribution in [3.63, 3.8) is 0 Å². The van der Waals surface area contributed by atoms with E-state index in [0.717, 1.165) is 11.5 Å². The Morgan fingerprint density at radius 1 is 1.00 bits per heavy atom. The SMILES string of the molecule is O=C1CCC(O)C2=CC(O)C(O)C3(Oc4cccc5cccc(c45)O3)C12O. The number of ketones is 1. The van der Waals surface area contributed by atoms with Crippen LogP contribution in [0.25, 0.3) is 10.8 Å². The van der Waals surface area contributed by atoms with Crippen LogP contribution in [0.1, 0.15) is 12.8 Å². The van der Waals surface area contributed by atoms with Gasteiger partial charge in [0.05, 0.1) is 11.5 Å². The fraction of sp³-hybridized carbons (Fsp3) is 0.350. The molecule has 1 fully saturated rings. The molecule has 4 atom stereocenters.